The smallest absolute Gasteiger partial charge is 0.415 e. The predicted molar refractivity (Wildman–Crippen MR) is 95.9 cm³/mol. The molecule has 0 saturated carbocycles. The number of carbonyl (C=O) groups is 1. The van der Waals surface area contributed by atoms with Gasteiger partial charge in [0.2, 0.25) is 0 Å². The van der Waals surface area contributed by atoms with Crippen LogP contribution in [0, 0.1) is 13.8 Å². The van der Waals surface area contributed by atoms with Gasteiger partial charge in [-0.05, 0) is 37.1 Å². The van der Waals surface area contributed by atoms with E-state index in [0.29, 0.717) is 11.5 Å². The monoisotopic (exact) mass is 363 g/mol. The standard InChI is InChI=1S/C18H22NO5P/c1-14-9-5-7-11-16(14)23-25(21,13-18(20)19(3)22-4)24-17-12-8-6-10-15(17)2/h5-12H,13H2,1-4H3. The van der Waals surface area contributed by atoms with Crippen molar-refractivity contribution >= 4 is 13.5 Å². The second-order valence-corrected chi connectivity index (χ2v) is 7.46. The lowest BCUT2D eigenvalue weighted by molar-refractivity contribution is -0.165. The molecule has 0 bridgehead atoms. The zero-order valence-electron chi connectivity index (χ0n) is 14.8. The number of amides is 1. The van der Waals surface area contributed by atoms with Crippen LogP contribution < -0.4 is 9.05 Å². The molecule has 0 aliphatic heterocycles. The number of para-hydroxylation sites is 2. The fraction of sp³-hybridized carbons (Fsp3) is 0.278. The lowest BCUT2D eigenvalue weighted by atomic mass is 10.2. The Bertz CT molecular complexity index is 741. The topological polar surface area (TPSA) is 65.1 Å². The van der Waals surface area contributed by atoms with E-state index in [-0.39, 0.29) is 0 Å². The van der Waals surface area contributed by atoms with Gasteiger partial charge in [0.05, 0.1) is 7.11 Å². The van der Waals surface area contributed by atoms with Crippen molar-refractivity contribution in [1.29, 1.82) is 0 Å². The number of carbonyl (C=O) groups excluding carboxylic acids is 1. The highest BCUT2D eigenvalue weighted by molar-refractivity contribution is 7.55. The van der Waals surface area contributed by atoms with Gasteiger partial charge in [-0.1, -0.05) is 36.4 Å². The summed E-state index contributed by atoms with van der Waals surface area (Å²) in [5.41, 5.74) is 1.59. The van der Waals surface area contributed by atoms with E-state index in [1.807, 2.05) is 38.1 Å². The molecule has 0 aliphatic carbocycles. The molecule has 0 radical (unpaired) electrons. The summed E-state index contributed by atoms with van der Waals surface area (Å²) in [5.74, 6) is 0.313. The van der Waals surface area contributed by atoms with Gasteiger partial charge in [0.25, 0.3) is 5.91 Å². The van der Waals surface area contributed by atoms with Crippen LogP contribution in [0.4, 0.5) is 0 Å². The highest BCUT2D eigenvalue weighted by atomic mass is 31.2. The first-order chi connectivity index (χ1) is 11.8. The molecule has 2 rings (SSSR count). The summed E-state index contributed by atoms with van der Waals surface area (Å²) in [7, 11) is -1.02. The van der Waals surface area contributed by atoms with Crippen LogP contribution in [0.3, 0.4) is 0 Å². The van der Waals surface area contributed by atoms with Crippen molar-refractivity contribution in [2.24, 2.45) is 0 Å². The van der Waals surface area contributed by atoms with Crippen LogP contribution in [0.25, 0.3) is 0 Å². The van der Waals surface area contributed by atoms with Crippen molar-refractivity contribution in [2.75, 3.05) is 20.3 Å². The summed E-state index contributed by atoms with van der Waals surface area (Å²) in [5, 5.41) is 0.995. The van der Waals surface area contributed by atoms with Crippen LogP contribution in [-0.2, 0) is 14.2 Å². The maximum atomic E-state index is 13.3. The van der Waals surface area contributed by atoms with Crippen LogP contribution in [0.2, 0.25) is 0 Å². The molecular formula is C18H22NO5P. The second kappa shape index (κ2) is 8.19. The zero-order chi connectivity index (χ0) is 18.4. The highest BCUT2D eigenvalue weighted by Gasteiger charge is 2.34. The molecule has 2 aromatic rings. The van der Waals surface area contributed by atoms with E-state index in [9.17, 15) is 9.36 Å². The Morgan fingerprint density at radius 3 is 1.80 bits per heavy atom. The molecule has 7 heteroatoms. The minimum absolute atomic E-state index is 0.410. The average Bonchev–Trinajstić information content (AvgIpc) is 2.58. The maximum Gasteiger partial charge on any atom is 0.440 e. The van der Waals surface area contributed by atoms with Crippen LogP contribution in [0.5, 0.6) is 11.5 Å². The molecule has 0 N–H and O–H groups in total. The molecule has 0 aliphatic rings. The molecule has 0 atom stereocenters. The van der Waals surface area contributed by atoms with Gasteiger partial charge < -0.3 is 9.05 Å². The molecule has 0 heterocycles. The molecule has 0 fully saturated rings. The van der Waals surface area contributed by atoms with Gasteiger partial charge >= 0.3 is 7.60 Å². The Morgan fingerprint density at radius 2 is 1.40 bits per heavy atom. The van der Waals surface area contributed by atoms with E-state index in [1.54, 1.807) is 24.3 Å². The number of hydrogen-bond acceptors (Lipinski definition) is 5. The first-order valence-corrected chi connectivity index (χ1v) is 9.47. The first kappa shape index (κ1) is 19.0. The Kier molecular flexibility index (Phi) is 6.23. The van der Waals surface area contributed by atoms with Crippen LogP contribution in [0.15, 0.2) is 48.5 Å². The minimum Gasteiger partial charge on any atom is -0.415 e. The van der Waals surface area contributed by atoms with Crippen molar-refractivity contribution in [3.05, 3.63) is 59.7 Å². The SMILES string of the molecule is CON(C)C(=O)CP(=O)(Oc1ccccc1C)Oc1ccccc1C. The van der Waals surface area contributed by atoms with Gasteiger partial charge in [0.15, 0.2) is 6.16 Å². The van der Waals surface area contributed by atoms with Gasteiger partial charge in [-0.2, -0.15) is 0 Å². The fourth-order valence-corrected chi connectivity index (χ4v) is 3.77. The number of aryl methyl sites for hydroxylation is 2. The first-order valence-electron chi connectivity index (χ1n) is 7.75. The third-order valence-corrected chi connectivity index (χ3v) is 5.22. The predicted octanol–water partition coefficient (Wildman–Crippen LogP) is 3.97. The molecule has 0 saturated heterocycles. The van der Waals surface area contributed by atoms with E-state index in [1.165, 1.54) is 14.2 Å². The molecule has 134 valence electrons. The highest BCUT2D eigenvalue weighted by Crippen LogP contribution is 2.49. The summed E-state index contributed by atoms with van der Waals surface area (Å²) in [6.07, 6.45) is -0.444. The lowest BCUT2D eigenvalue weighted by Crippen LogP contribution is -2.29. The Labute approximate surface area is 147 Å². The zero-order valence-corrected chi connectivity index (χ0v) is 15.7. The van der Waals surface area contributed by atoms with Crippen LogP contribution in [0.1, 0.15) is 11.1 Å². The van der Waals surface area contributed by atoms with Crippen molar-refractivity contribution in [3.8, 4) is 11.5 Å². The normalized spacial score (nSPS) is 11.0. The number of benzene rings is 2. The molecular weight excluding hydrogens is 341 g/mol. The Morgan fingerprint density at radius 1 is 0.960 bits per heavy atom. The van der Waals surface area contributed by atoms with Gasteiger partial charge in [-0.3, -0.25) is 9.63 Å². The van der Waals surface area contributed by atoms with Crippen molar-refractivity contribution in [2.45, 2.75) is 13.8 Å². The molecule has 0 spiro atoms. The Hall–Kier alpha value is -2.30. The molecule has 0 aromatic heterocycles. The van der Waals surface area contributed by atoms with E-state index in [0.717, 1.165) is 16.2 Å². The maximum absolute atomic E-state index is 13.3. The lowest BCUT2D eigenvalue weighted by Gasteiger charge is -2.23. The molecule has 25 heavy (non-hydrogen) atoms. The van der Waals surface area contributed by atoms with Gasteiger partial charge in [-0.25, -0.2) is 9.63 Å². The average molecular weight is 363 g/mol. The van der Waals surface area contributed by atoms with E-state index >= 15 is 0 Å². The van der Waals surface area contributed by atoms with E-state index in [2.05, 4.69) is 0 Å². The summed E-state index contributed by atoms with van der Waals surface area (Å²) >= 11 is 0. The second-order valence-electron chi connectivity index (χ2n) is 5.56. The molecule has 2 aromatic carbocycles. The number of nitrogens with zero attached hydrogens (tertiary/aromatic N) is 1. The van der Waals surface area contributed by atoms with Gasteiger partial charge in [0.1, 0.15) is 11.5 Å². The Balaban J connectivity index is 2.33. The summed E-state index contributed by atoms with van der Waals surface area (Å²) < 4.78 is 24.7. The van der Waals surface area contributed by atoms with Crippen molar-refractivity contribution < 1.29 is 23.2 Å². The van der Waals surface area contributed by atoms with Crippen molar-refractivity contribution in [3.63, 3.8) is 0 Å². The fourth-order valence-electron chi connectivity index (χ4n) is 2.07. The molecule has 1 amide bonds. The quantitative estimate of drug-likeness (QED) is 0.550. The largest absolute Gasteiger partial charge is 0.440 e. The van der Waals surface area contributed by atoms with Gasteiger partial charge in [0, 0.05) is 7.05 Å². The van der Waals surface area contributed by atoms with Gasteiger partial charge in [-0.15, -0.1) is 0 Å². The van der Waals surface area contributed by atoms with Crippen molar-refractivity contribution in [1.82, 2.24) is 5.06 Å². The third-order valence-electron chi connectivity index (χ3n) is 3.62. The summed E-state index contributed by atoms with van der Waals surface area (Å²) in [6.45, 7) is 3.66. The molecule has 6 nitrogen and oxygen atoms in total. The van der Waals surface area contributed by atoms with E-state index in [4.69, 9.17) is 13.9 Å². The molecule has 0 unspecified atom stereocenters. The van der Waals surface area contributed by atoms with E-state index < -0.39 is 19.7 Å². The van der Waals surface area contributed by atoms with Crippen LogP contribution >= 0.6 is 7.60 Å². The summed E-state index contributed by atoms with van der Waals surface area (Å²) in [6, 6.07) is 14.3. The third kappa shape index (κ3) is 5.08. The summed E-state index contributed by atoms with van der Waals surface area (Å²) in [4.78, 5) is 17.1. The number of hydrogen-bond donors (Lipinski definition) is 0. The number of hydroxylamine groups is 2. The minimum atomic E-state index is -3.81. The number of rotatable bonds is 7. The van der Waals surface area contributed by atoms with Crippen LogP contribution in [-0.4, -0.2) is 31.3 Å².